The Kier molecular flexibility index (Phi) is 7.95. The van der Waals surface area contributed by atoms with Crippen LogP contribution in [0.2, 0.25) is 0 Å². The molecule has 0 atom stereocenters. The van der Waals surface area contributed by atoms with Crippen LogP contribution >= 0.6 is 0 Å². The molecule has 0 heterocycles. The van der Waals surface area contributed by atoms with Crippen LogP contribution in [0, 0.1) is 5.92 Å². The van der Waals surface area contributed by atoms with Gasteiger partial charge in [-0.15, -0.1) is 0 Å². The van der Waals surface area contributed by atoms with E-state index in [-0.39, 0.29) is 5.57 Å². The smallest absolute Gasteiger partial charge is 0.332 e. The molecular formula is C11H21NO3. The summed E-state index contributed by atoms with van der Waals surface area (Å²) in [6.07, 6.45) is 1.06. The van der Waals surface area contributed by atoms with Gasteiger partial charge in [0.05, 0.1) is 6.61 Å². The van der Waals surface area contributed by atoms with Crippen molar-refractivity contribution in [3.63, 3.8) is 0 Å². The summed E-state index contributed by atoms with van der Waals surface area (Å²) >= 11 is 0. The van der Waals surface area contributed by atoms with E-state index < -0.39 is 5.97 Å². The molecule has 0 unspecified atom stereocenters. The van der Waals surface area contributed by atoms with Crippen molar-refractivity contribution in [3.05, 3.63) is 12.2 Å². The van der Waals surface area contributed by atoms with Crippen LogP contribution in [0.4, 0.5) is 0 Å². The van der Waals surface area contributed by atoms with Gasteiger partial charge in [0.15, 0.2) is 0 Å². The lowest BCUT2D eigenvalue weighted by Crippen LogP contribution is -2.24. The molecule has 15 heavy (non-hydrogen) atoms. The normalized spacial score (nSPS) is 10.6. The maximum atomic E-state index is 10.4. The zero-order valence-corrected chi connectivity index (χ0v) is 9.58. The first-order chi connectivity index (χ1) is 7.04. The van der Waals surface area contributed by atoms with Crippen LogP contribution in [-0.4, -0.2) is 37.4 Å². The zero-order chi connectivity index (χ0) is 11.7. The molecule has 4 heteroatoms. The van der Waals surface area contributed by atoms with Crippen molar-refractivity contribution in [2.45, 2.75) is 20.3 Å². The molecule has 0 aliphatic carbocycles. The van der Waals surface area contributed by atoms with Gasteiger partial charge >= 0.3 is 5.97 Å². The molecular weight excluding hydrogens is 194 g/mol. The van der Waals surface area contributed by atoms with E-state index in [1.807, 2.05) is 0 Å². The number of carboxylic acid groups (broad SMARTS) is 1. The van der Waals surface area contributed by atoms with Crippen LogP contribution in [-0.2, 0) is 9.53 Å². The molecule has 0 spiro atoms. The highest BCUT2D eigenvalue weighted by molar-refractivity contribution is 5.86. The zero-order valence-electron chi connectivity index (χ0n) is 9.58. The number of carbonyl (C=O) groups is 1. The highest BCUT2D eigenvalue weighted by Crippen LogP contribution is 1.98. The Morgan fingerprint density at radius 1 is 1.47 bits per heavy atom. The van der Waals surface area contributed by atoms with Gasteiger partial charge in [0.2, 0.25) is 0 Å². The topological polar surface area (TPSA) is 58.6 Å². The van der Waals surface area contributed by atoms with Gasteiger partial charge in [-0.2, -0.15) is 0 Å². The molecule has 0 aromatic carbocycles. The number of hydrogen-bond acceptors (Lipinski definition) is 3. The van der Waals surface area contributed by atoms with Crippen molar-refractivity contribution >= 4 is 5.97 Å². The lowest BCUT2D eigenvalue weighted by Gasteiger charge is -2.07. The van der Waals surface area contributed by atoms with Gasteiger partial charge in [0, 0.05) is 25.3 Å². The molecule has 0 rings (SSSR count). The Balaban J connectivity index is 3.18. The Labute approximate surface area is 91.3 Å². The third kappa shape index (κ3) is 9.43. The maximum Gasteiger partial charge on any atom is 0.332 e. The molecule has 0 fully saturated rings. The molecule has 0 aliphatic rings. The summed E-state index contributed by atoms with van der Waals surface area (Å²) < 4.78 is 5.35. The maximum absolute atomic E-state index is 10.4. The third-order valence-electron chi connectivity index (χ3n) is 1.90. The van der Waals surface area contributed by atoms with Gasteiger partial charge in [-0.25, -0.2) is 4.79 Å². The van der Waals surface area contributed by atoms with Crippen LogP contribution < -0.4 is 5.32 Å². The number of carboxylic acids is 1. The monoisotopic (exact) mass is 215 g/mol. The average molecular weight is 215 g/mol. The van der Waals surface area contributed by atoms with E-state index in [0.29, 0.717) is 25.6 Å². The quantitative estimate of drug-likeness (QED) is 0.449. The molecule has 4 nitrogen and oxygen atoms in total. The van der Waals surface area contributed by atoms with Crippen molar-refractivity contribution in [2.75, 3.05) is 26.3 Å². The number of nitrogens with one attached hydrogen (secondary N) is 1. The largest absolute Gasteiger partial charge is 0.478 e. The van der Waals surface area contributed by atoms with Crippen LogP contribution in [0.3, 0.4) is 0 Å². The molecule has 0 saturated heterocycles. The van der Waals surface area contributed by atoms with E-state index in [4.69, 9.17) is 9.84 Å². The van der Waals surface area contributed by atoms with Gasteiger partial charge < -0.3 is 15.2 Å². The molecule has 0 aromatic heterocycles. The SMILES string of the molecule is C=C(CNCCOCCC(C)C)C(=O)O. The standard InChI is InChI=1S/C11H21NO3/c1-9(2)4-6-15-7-5-12-8-10(3)11(13)14/h9,12H,3-8H2,1-2H3,(H,13,14). The first-order valence-electron chi connectivity index (χ1n) is 5.23. The van der Waals surface area contributed by atoms with Gasteiger partial charge in [0.1, 0.15) is 0 Å². The summed E-state index contributed by atoms with van der Waals surface area (Å²) in [6.45, 7) is 10.1. The van der Waals surface area contributed by atoms with Gasteiger partial charge in [-0.1, -0.05) is 20.4 Å². The average Bonchev–Trinajstić information content (AvgIpc) is 2.15. The van der Waals surface area contributed by atoms with Crippen LogP contribution in [0.1, 0.15) is 20.3 Å². The van der Waals surface area contributed by atoms with Gasteiger partial charge in [-0.3, -0.25) is 0 Å². The molecule has 0 radical (unpaired) electrons. The number of ether oxygens (including phenoxy) is 1. The Bertz CT molecular complexity index is 202. The molecule has 0 amide bonds. The van der Waals surface area contributed by atoms with Crippen LogP contribution in [0.15, 0.2) is 12.2 Å². The van der Waals surface area contributed by atoms with E-state index in [2.05, 4.69) is 25.7 Å². The minimum atomic E-state index is -0.955. The Hall–Kier alpha value is -0.870. The van der Waals surface area contributed by atoms with E-state index in [9.17, 15) is 4.79 Å². The minimum absolute atomic E-state index is 0.178. The fraction of sp³-hybridized carbons (Fsp3) is 0.727. The molecule has 2 N–H and O–H groups in total. The molecule has 0 aromatic rings. The van der Waals surface area contributed by atoms with E-state index in [0.717, 1.165) is 13.0 Å². The minimum Gasteiger partial charge on any atom is -0.478 e. The molecule has 0 aliphatic heterocycles. The van der Waals surface area contributed by atoms with Crippen LogP contribution in [0.5, 0.6) is 0 Å². The van der Waals surface area contributed by atoms with Crippen LogP contribution in [0.25, 0.3) is 0 Å². The predicted octanol–water partition coefficient (Wildman–Crippen LogP) is 1.28. The highest BCUT2D eigenvalue weighted by atomic mass is 16.5. The summed E-state index contributed by atoms with van der Waals surface area (Å²) in [5.74, 6) is -0.298. The van der Waals surface area contributed by atoms with E-state index >= 15 is 0 Å². The van der Waals surface area contributed by atoms with Crippen molar-refractivity contribution in [3.8, 4) is 0 Å². The molecule has 0 saturated carbocycles. The summed E-state index contributed by atoms with van der Waals surface area (Å²) in [5.41, 5.74) is 0.178. The second-order valence-corrected chi connectivity index (χ2v) is 3.88. The Morgan fingerprint density at radius 3 is 2.67 bits per heavy atom. The number of rotatable bonds is 9. The summed E-state index contributed by atoms with van der Waals surface area (Å²) in [5, 5.41) is 11.5. The van der Waals surface area contributed by atoms with Crippen molar-refractivity contribution in [1.29, 1.82) is 0 Å². The lowest BCUT2D eigenvalue weighted by atomic mass is 10.1. The fourth-order valence-corrected chi connectivity index (χ4v) is 0.880. The van der Waals surface area contributed by atoms with E-state index in [1.165, 1.54) is 0 Å². The predicted molar refractivity (Wildman–Crippen MR) is 59.9 cm³/mol. The van der Waals surface area contributed by atoms with E-state index in [1.54, 1.807) is 0 Å². The van der Waals surface area contributed by atoms with Crippen molar-refractivity contribution in [2.24, 2.45) is 5.92 Å². The Morgan fingerprint density at radius 2 is 2.13 bits per heavy atom. The summed E-state index contributed by atoms with van der Waals surface area (Å²) in [4.78, 5) is 10.4. The van der Waals surface area contributed by atoms with Gasteiger partial charge in [-0.05, 0) is 12.3 Å². The van der Waals surface area contributed by atoms with Crippen molar-refractivity contribution in [1.82, 2.24) is 5.32 Å². The lowest BCUT2D eigenvalue weighted by molar-refractivity contribution is -0.132. The third-order valence-corrected chi connectivity index (χ3v) is 1.90. The highest BCUT2D eigenvalue weighted by Gasteiger charge is 2.01. The second-order valence-electron chi connectivity index (χ2n) is 3.88. The van der Waals surface area contributed by atoms with Crippen molar-refractivity contribution < 1.29 is 14.6 Å². The number of aliphatic carboxylic acids is 1. The fourth-order valence-electron chi connectivity index (χ4n) is 0.880. The summed E-state index contributed by atoms with van der Waals surface area (Å²) in [7, 11) is 0. The number of hydrogen-bond donors (Lipinski definition) is 2. The second kappa shape index (κ2) is 8.44. The molecule has 0 bridgehead atoms. The first kappa shape index (κ1) is 14.1. The first-order valence-corrected chi connectivity index (χ1v) is 5.23. The van der Waals surface area contributed by atoms with Gasteiger partial charge in [0.25, 0.3) is 0 Å². The molecule has 88 valence electrons. The summed E-state index contributed by atoms with van der Waals surface area (Å²) in [6, 6.07) is 0.